The average Bonchev–Trinajstić information content (AvgIpc) is 3.65. The maximum atomic E-state index is 15.3. The monoisotopic (exact) mass is 612 g/mol. The highest BCUT2D eigenvalue weighted by molar-refractivity contribution is 5.99. The third-order valence-corrected chi connectivity index (χ3v) is 7.30. The molecule has 5 N–H and O–H groups in total. The Balaban J connectivity index is 1.22. The van der Waals surface area contributed by atoms with Crippen LogP contribution in [0.4, 0.5) is 4.39 Å². The van der Waals surface area contributed by atoms with Crippen LogP contribution in [0, 0.1) is 22.6 Å². The molecule has 0 atom stereocenters. The summed E-state index contributed by atoms with van der Waals surface area (Å²) in [6, 6.07) is 23.5. The molecular weight excluding hydrogens is 579 g/mol. The number of halogens is 1. The van der Waals surface area contributed by atoms with Crippen LogP contribution in [0.25, 0.3) is 50.5 Å². The van der Waals surface area contributed by atoms with Crippen LogP contribution in [0.1, 0.15) is 44.4 Å². The van der Waals surface area contributed by atoms with Gasteiger partial charge in [-0.05, 0) is 100.0 Å². The van der Waals surface area contributed by atoms with Gasteiger partial charge >= 0.3 is 0 Å². The molecule has 0 spiro atoms. The van der Waals surface area contributed by atoms with Crippen LogP contribution < -0.4 is 15.4 Å². The first-order valence-corrected chi connectivity index (χ1v) is 14.9. The number of H-pyrrole nitrogens is 2. The lowest BCUT2D eigenvalue weighted by atomic mass is 10.1. The van der Waals surface area contributed by atoms with Crippen molar-refractivity contribution in [3.8, 4) is 40.3 Å². The smallest absolute Gasteiger partial charge is 0.166 e. The number of amidine groups is 1. The molecule has 0 saturated carbocycles. The molecule has 0 saturated heterocycles. The summed E-state index contributed by atoms with van der Waals surface area (Å²) in [5.41, 5.74) is 7.01. The van der Waals surface area contributed by atoms with E-state index in [0.717, 1.165) is 38.9 Å². The van der Waals surface area contributed by atoms with Crippen LogP contribution in [-0.2, 0) is 0 Å². The lowest BCUT2D eigenvalue weighted by Gasteiger charge is -2.12. The molecule has 46 heavy (non-hydrogen) atoms. The molecule has 6 aromatic rings. The van der Waals surface area contributed by atoms with Crippen molar-refractivity contribution in [3.05, 3.63) is 102 Å². The van der Waals surface area contributed by atoms with Gasteiger partial charge in [-0.25, -0.2) is 14.4 Å². The number of hydrogen-bond donors (Lipinski definition) is 5. The van der Waals surface area contributed by atoms with Crippen LogP contribution in [0.5, 0.6) is 11.5 Å². The number of fused-ring (bicyclic) bond motifs is 2. The van der Waals surface area contributed by atoms with E-state index in [2.05, 4.69) is 57.1 Å². The van der Waals surface area contributed by atoms with Crippen molar-refractivity contribution in [2.45, 2.75) is 39.8 Å². The second kappa shape index (κ2) is 12.2. The lowest BCUT2D eigenvalue weighted by molar-refractivity contribution is 0.441. The Labute approximate surface area is 265 Å². The molecule has 0 aliphatic rings. The minimum atomic E-state index is -0.591. The second-order valence-electron chi connectivity index (χ2n) is 11.7. The second-order valence-corrected chi connectivity index (χ2v) is 11.7. The summed E-state index contributed by atoms with van der Waals surface area (Å²) in [5.74, 6) is 1.02. The number of ether oxygens (including phenoxy) is 1. The van der Waals surface area contributed by atoms with Gasteiger partial charge in [0.05, 0.1) is 27.6 Å². The number of benzene rings is 4. The van der Waals surface area contributed by atoms with Gasteiger partial charge in [0.25, 0.3) is 0 Å². The number of nitrogens with zero attached hydrogens (tertiary/aromatic N) is 3. The molecule has 0 amide bonds. The number of aromatic nitrogens is 4. The van der Waals surface area contributed by atoms with Gasteiger partial charge in [0.1, 0.15) is 29.3 Å². The zero-order valence-electron chi connectivity index (χ0n) is 25.9. The fourth-order valence-corrected chi connectivity index (χ4v) is 5.14. The van der Waals surface area contributed by atoms with Crippen LogP contribution in [0.3, 0.4) is 0 Å². The Morgan fingerprint density at radius 3 is 1.96 bits per heavy atom. The molecule has 2 aromatic heterocycles. The summed E-state index contributed by atoms with van der Waals surface area (Å²) in [7, 11) is 0. The molecule has 0 bridgehead atoms. The molecule has 10 heteroatoms. The summed E-state index contributed by atoms with van der Waals surface area (Å²) >= 11 is 0. The van der Waals surface area contributed by atoms with Gasteiger partial charge in [0.15, 0.2) is 11.6 Å². The third kappa shape index (κ3) is 6.16. The Bertz CT molecular complexity index is 2170. The minimum absolute atomic E-state index is 0.0174. The van der Waals surface area contributed by atoms with Crippen molar-refractivity contribution in [3.63, 3.8) is 0 Å². The van der Waals surface area contributed by atoms with E-state index in [1.807, 2.05) is 50.2 Å². The zero-order chi connectivity index (χ0) is 32.5. The third-order valence-electron chi connectivity index (χ3n) is 7.30. The highest BCUT2D eigenvalue weighted by Crippen LogP contribution is 2.33. The topological polar surface area (TPSA) is 138 Å². The Morgan fingerprint density at radius 1 is 0.804 bits per heavy atom. The Kier molecular flexibility index (Phi) is 7.99. The molecule has 0 radical (unpaired) electrons. The number of aromatic amines is 2. The number of rotatable bonds is 9. The highest BCUT2D eigenvalue weighted by Gasteiger charge is 2.15. The summed E-state index contributed by atoms with van der Waals surface area (Å²) in [4.78, 5) is 15.8. The molecule has 4 aromatic carbocycles. The SMILES string of the molecule is C=C(NC(C)C)c1ccc2nc(-c3ccc(Oc4ccc(-c5nc6ccc(C(=N)NC(C)C)cc6[nH]5)cc4C#N)c(F)c3)[nH]c2c1. The first-order valence-electron chi connectivity index (χ1n) is 14.9. The summed E-state index contributed by atoms with van der Waals surface area (Å²) in [6.45, 7) is 12.2. The standard InChI is InChI=1S/C36H33FN8O/c1-19(2)40-21(5)22-6-10-28-30(16-22)44-36(43-28)25-9-13-33(27(37)15-25)46-32-12-8-24(14-26(32)18-38)35-42-29-11-7-23(17-31(29)45-35)34(39)41-20(3)4/h6-17,19-20,40H,5H2,1-4H3,(H2,39,41)(H,42,45)(H,43,44). The zero-order valence-corrected chi connectivity index (χ0v) is 25.9. The van der Waals surface area contributed by atoms with E-state index in [1.54, 1.807) is 24.3 Å². The Morgan fingerprint density at radius 2 is 1.37 bits per heavy atom. The van der Waals surface area contributed by atoms with E-state index in [1.165, 1.54) is 12.1 Å². The van der Waals surface area contributed by atoms with Crippen LogP contribution in [0.2, 0.25) is 0 Å². The van der Waals surface area contributed by atoms with E-state index >= 15 is 4.39 Å². The first kappa shape index (κ1) is 30.1. The number of hydrogen-bond acceptors (Lipinski definition) is 6. The maximum Gasteiger partial charge on any atom is 0.166 e. The fraction of sp³-hybridized carbons (Fsp3) is 0.167. The number of nitrogens with one attached hydrogen (secondary N) is 5. The molecule has 6 rings (SSSR count). The van der Waals surface area contributed by atoms with Gasteiger partial charge in [-0.2, -0.15) is 5.26 Å². The van der Waals surface area contributed by atoms with Gasteiger partial charge in [-0.15, -0.1) is 0 Å². The van der Waals surface area contributed by atoms with E-state index in [9.17, 15) is 5.26 Å². The maximum absolute atomic E-state index is 15.3. The highest BCUT2D eigenvalue weighted by atomic mass is 19.1. The van der Waals surface area contributed by atoms with Crippen molar-refractivity contribution >= 4 is 33.6 Å². The molecule has 230 valence electrons. The van der Waals surface area contributed by atoms with Gasteiger partial charge in [0.2, 0.25) is 0 Å². The van der Waals surface area contributed by atoms with Gasteiger partial charge in [-0.3, -0.25) is 5.41 Å². The van der Waals surface area contributed by atoms with Crippen molar-refractivity contribution in [1.82, 2.24) is 30.6 Å². The normalized spacial score (nSPS) is 11.3. The van der Waals surface area contributed by atoms with Gasteiger partial charge < -0.3 is 25.3 Å². The summed E-state index contributed by atoms with van der Waals surface area (Å²) in [6.07, 6.45) is 0. The number of nitriles is 1. The molecule has 0 aliphatic heterocycles. The predicted octanol–water partition coefficient (Wildman–Crippen LogP) is 7.87. The molecule has 2 heterocycles. The van der Waals surface area contributed by atoms with Crippen molar-refractivity contribution in [1.29, 1.82) is 10.7 Å². The van der Waals surface area contributed by atoms with Gasteiger partial charge in [0, 0.05) is 34.5 Å². The van der Waals surface area contributed by atoms with Crippen molar-refractivity contribution in [2.75, 3.05) is 0 Å². The van der Waals surface area contributed by atoms with E-state index in [0.29, 0.717) is 28.6 Å². The summed E-state index contributed by atoms with van der Waals surface area (Å²) in [5, 5.41) is 24.6. The molecule has 0 unspecified atom stereocenters. The number of imidazole rings is 2. The molecule has 0 fully saturated rings. The van der Waals surface area contributed by atoms with Crippen LogP contribution >= 0.6 is 0 Å². The molecule has 0 aliphatic carbocycles. The average molecular weight is 613 g/mol. The van der Waals surface area contributed by atoms with Crippen LogP contribution in [-0.4, -0.2) is 37.9 Å². The van der Waals surface area contributed by atoms with Crippen LogP contribution in [0.15, 0.2) is 79.4 Å². The van der Waals surface area contributed by atoms with Crippen molar-refractivity contribution in [2.24, 2.45) is 0 Å². The summed E-state index contributed by atoms with van der Waals surface area (Å²) < 4.78 is 21.2. The van der Waals surface area contributed by atoms with E-state index < -0.39 is 5.82 Å². The van der Waals surface area contributed by atoms with Gasteiger partial charge in [-0.1, -0.05) is 12.6 Å². The minimum Gasteiger partial charge on any atom is -0.453 e. The molecular formula is C36H33FN8O. The fourth-order valence-electron chi connectivity index (χ4n) is 5.14. The van der Waals surface area contributed by atoms with E-state index in [-0.39, 0.29) is 29.1 Å². The Hall–Kier alpha value is -5.95. The quantitative estimate of drug-likeness (QED) is 0.0832. The van der Waals surface area contributed by atoms with E-state index in [4.69, 9.17) is 10.1 Å². The lowest BCUT2D eigenvalue weighted by Crippen LogP contribution is -2.30. The molecule has 9 nitrogen and oxygen atoms in total. The predicted molar refractivity (Wildman–Crippen MR) is 180 cm³/mol. The van der Waals surface area contributed by atoms with Crippen molar-refractivity contribution < 1.29 is 9.13 Å². The largest absolute Gasteiger partial charge is 0.453 e. The first-order chi connectivity index (χ1) is 22.1.